The zero-order chi connectivity index (χ0) is 20.9. The highest BCUT2D eigenvalue weighted by Gasteiger charge is 2.34. The van der Waals surface area contributed by atoms with Gasteiger partial charge in [0, 0.05) is 64.1 Å². The summed E-state index contributed by atoms with van der Waals surface area (Å²) in [7, 11) is 0. The molecule has 1 N–H and O–H groups in total. The number of carbonyl (C=O) groups excluding carboxylic acids is 2. The van der Waals surface area contributed by atoms with Gasteiger partial charge in [-0.1, -0.05) is 13.8 Å². The number of carbonyl (C=O) groups is 2. The summed E-state index contributed by atoms with van der Waals surface area (Å²) in [6.45, 7) is 17.5. The van der Waals surface area contributed by atoms with Crippen LogP contribution in [0.3, 0.4) is 0 Å². The lowest BCUT2D eigenvalue weighted by Gasteiger charge is -2.41. The molecule has 3 atom stereocenters. The van der Waals surface area contributed by atoms with Crippen molar-refractivity contribution in [3.63, 3.8) is 0 Å². The number of nitrogens with zero attached hydrogens (tertiary/aromatic N) is 2. The molecule has 0 aromatic heterocycles. The van der Waals surface area contributed by atoms with Crippen LogP contribution in [0.1, 0.15) is 54.4 Å². The van der Waals surface area contributed by atoms with Gasteiger partial charge >= 0.3 is 12.1 Å². The Morgan fingerprint density at radius 1 is 1.00 bits per heavy atom. The number of piperidine rings is 2. The maximum absolute atomic E-state index is 11.9. The minimum absolute atomic E-state index is 0.0309. The fraction of sp³-hybridized carbons (Fsp3) is 0.905. The number of alkyl carbamates (subject to hydrolysis) is 1. The number of amides is 1. The zero-order valence-electron chi connectivity index (χ0n) is 18.5. The average Bonchev–Trinajstić information content (AvgIpc) is 2.55. The molecule has 1 amide bonds. The Balaban J connectivity index is 1.67. The summed E-state index contributed by atoms with van der Waals surface area (Å²) in [5, 5.41) is 2.99. The minimum Gasteiger partial charge on any atom is -0.462 e. The summed E-state index contributed by atoms with van der Waals surface area (Å²) in [5.41, 5.74) is -0.456. The van der Waals surface area contributed by atoms with Gasteiger partial charge < -0.3 is 24.6 Å². The van der Waals surface area contributed by atoms with Crippen LogP contribution in [-0.2, 0) is 14.3 Å². The summed E-state index contributed by atoms with van der Waals surface area (Å²) in [6, 6.07) is 0.200. The third-order valence-corrected chi connectivity index (χ3v) is 5.56. The Labute approximate surface area is 170 Å². The van der Waals surface area contributed by atoms with Crippen molar-refractivity contribution in [3.8, 4) is 0 Å². The van der Waals surface area contributed by atoms with E-state index < -0.39 is 5.60 Å². The summed E-state index contributed by atoms with van der Waals surface area (Å²) in [5.74, 6) is 0.535. The maximum Gasteiger partial charge on any atom is 0.407 e. The number of rotatable bonds is 5. The molecule has 28 heavy (non-hydrogen) atoms. The molecule has 7 nitrogen and oxygen atoms in total. The van der Waals surface area contributed by atoms with E-state index in [0.29, 0.717) is 11.8 Å². The predicted octanol–water partition coefficient (Wildman–Crippen LogP) is 2.50. The highest BCUT2D eigenvalue weighted by atomic mass is 16.6. The van der Waals surface area contributed by atoms with Crippen molar-refractivity contribution in [2.24, 2.45) is 11.8 Å². The van der Waals surface area contributed by atoms with Crippen molar-refractivity contribution >= 4 is 12.1 Å². The van der Waals surface area contributed by atoms with Crippen molar-refractivity contribution in [3.05, 3.63) is 0 Å². The van der Waals surface area contributed by atoms with Crippen molar-refractivity contribution in [1.29, 1.82) is 0 Å². The van der Waals surface area contributed by atoms with E-state index in [2.05, 4.69) is 29.0 Å². The summed E-state index contributed by atoms with van der Waals surface area (Å²) in [4.78, 5) is 28.2. The highest BCUT2D eigenvalue weighted by molar-refractivity contribution is 5.68. The third kappa shape index (κ3) is 7.59. The molecule has 0 bridgehead atoms. The van der Waals surface area contributed by atoms with Gasteiger partial charge in [0.25, 0.3) is 0 Å². The van der Waals surface area contributed by atoms with Gasteiger partial charge in [-0.2, -0.15) is 0 Å². The Bertz CT molecular complexity index is 514. The molecule has 7 heteroatoms. The molecular formula is C21H39N3O4. The zero-order valence-corrected chi connectivity index (χ0v) is 18.5. The largest absolute Gasteiger partial charge is 0.462 e. The smallest absolute Gasteiger partial charge is 0.407 e. The summed E-state index contributed by atoms with van der Waals surface area (Å²) < 4.78 is 10.9. The first-order valence-electron chi connectivity index (χ1n) is 10.6. The molecule has 2 heterocycles. The van der Waals surface area contributed by atoms with E-state index >= 15 is 0 Å². The topological polar surface area (TPSA) is 71.1 Å². The second-order valence-corrected chi connectivity index (χ2v) is 9.55. The van der Waals surface area contributed by atoms with Crippen molar-refractivity contribution in [2.45, 2.75) is 72.1 Å². The van der Waals surface area contributed by atoms with E-state index in [-0.39, 0.29) is 24.2 Å². The molecule has 0 aromatic rings. The number of hydrogen-bond acceptors (Lipinski definition) is 6. The van der Waals surface area contributed by atoms with Gasteiger partial charge in [-0.05, 0) is 33.6 Å². The molecular weight excluding hydrogens is 358 g/mol. The van der Waals surface area contributed by atoms with Crippen molar-refractivity contribution < 1.29 is 19.1 Å². The summed E-state index contributed by atoms with van der Waals surface area (Å²) >= 11 is 0. The minimum atomic E-state index is -0.456. The van der Waals surface area contributed by atoms with E-state index in [0.717, 1.165) is 52.1 Å². The van der Waals surface area contributed by atoms with E-state index in [1.165, 1.54) is 6.92 Å². The second-order valence-electron chi connectivity index (χ2n) is 9.55. The number of likely N-dealkylation sites (tertiary alicyclic amines) is 2. The van der Waals surface area contributed by atoms with E-state index in [1.54, 1.807) is 0 Å². The molecule has 2 saturated heterocycles. The Kier molecular flexibility index (Phi) is 8.13. The molecule has 162 valence electrons. The molecule has 0 saturated carbocycles. The lowest BCUT2D eigenvalue weighted by Crippen LogP contribution is -2.52. The van der Waals surface area contributed by atoms with Gasteiger partial charge in [0.2, 0.25) is 0 Å². The summed E-state index contributed by atoms with van der Waals surface area (Å²) in [6.07, 6.45) is 1.63. The number of nitrogens with one attached hydrogen (secondary N) is 1. The fourth-order valence-electron chi connectivity index (χ4n) is 4.32. The molecule has 0 aromatic carbocycles. The van der Waals surface area contributed by atoms with Crippen LogP contribution in [0.2, 0.25) is 0 Å². The van der Waals surface area contributed by atoms with Crippen LogP contribution in [0, 0.1) is 11.8 Å². The van der Waals surface area contributed by atoms with Crippen LogP contribution >= 0.6 is 0 Å². The Morgan fingerprint density at radius 3 is 2.04 bits per heavy atom. The molecule has 0 aliphatic carbocycles. The molecule has 2 aliphatic heterocycles. The van der Waals surface area contributed by atoms with Gasteiger partial charge in [0.1, 0.15) is 11.7 Å². The Morgan fingerprint density at radius 2 is 1.54 bits per heavy atom. The highest BCUT2D eigenvalue weighted by Crippen LogP contribution is 2.25. The predicted molar refractivity (Wildman–Crippen MR) is 109 cm³/mol. The molecule has 0 spiro atoms. The molecule has 0 radical (unpaired) electrons. The lowest BCUT2D eigenvalue weighted by atomic mass is 9.88. The number of esters is 1. The number of hydrogen-bond donors (Lipinski definition) is 1. The second kappa shape index (κ2) is 9.92. The molecule has 2 rings (SSSR count). The van der Waals surface area contributed by atoms with Crippen LogP contribution in [0.15, 0.2) is 0 Å². The Hall–Kier alpha value is -1.34. The maximum atomic E-state index is 11.9. The molecule has 0 unspecified atom stereocenters. The standard InChI is InChI=1S/C21H39N3O4/c1-15-13-24(14-16(2)19(15)27-17(3)25)12-11-23-9-7-18(8-10-23)22-20(26)28-21(4,5)6/h15-16,18-19H,7-14H2,1-6H3,(H,22,26)/t15-,16+,19+. The first-order chi connectivity index (χ1) is 13.0. The van der Waals surface area contributed by atoms with Crippen molar-refractivity contribution in [1.82, 2.24) is 15.1 Å². The monoisotopic (exact) mass is 397 g/mol. The van der Waals surface area contributed by atoms with Crippen molar-refractivity contribution in [2.75, 3.05) is 39.3 Å². The van der Waals surface area contributed by atoms with Crippen LogP contribution in [0.25, 0.3) is 0 Å². The number of ether oxygens (including phenoxy) is 2. The fourth-order valence-corrected chi connectivity index (χ4v) is 4.32. The van der Waals surface area contributed by atoms with Gasteiger partial charge in [0.05, 0.1) is 0 Å². The quantitative estimate of drug-likeness (QED) is 0.719. The van der Waals surface area contributed by atoms with Crippen LogP contribution < -0.4 is 5.32 Å². The normalized spacial score (nSPS) is 28.0. The SMILES string of the molecule is CC(=O)O[C@H]1[C@H](C)CN(CCN2CCC(NC(=O)OC(C)(C)C)CC2)C[C@@H]1C. The molecule has 2 aliphatic rings. The van der Waals surface area contributed by atoms with Gasteiger partial charge in [-0.15, -0.1) is 0 Å². The van der Waals surface area contributed by atoms with Crippen LogP contribution in [-0.4, -0.2) is 78.9 Å². The van der Waals surface area contributed by atoms with Gasteiger partial charge in [-0.25, -0.2) is 4.79 Å². The third-order valence-electron chi connectivity index (χ3n) is 5.56. The first-order valence-corrected chi connectivity index (χ1v) is 10.6. The van der Waals surface area contributed by atoms with Gasteiger partial charge in [-0.3, -0.25) is 4.79 Å². The lowest BCUT2D eigenvalue weighted by molar-refractivity contribution is -0.155. The van der Waals surface area contributed by atoms with Crippen LogP contribution in [0.5, 0.6) is 0 Å². The van der Waals surface area contributed by atoms with E-state index in [1.807, 2.05) is 20.8 Å². The van der Waals surface area contributed by atoms with Gasteiger partial charge in [0.15, 0.2) is 0 Å². The average molecular weight is 398 g/mol. The van der Waals surface area contributed by atoms with E-state index in [9.17, 15) is 9.59 Å². The molecule has 2 fully saturated rings. The first kappa shape index (κ1) is 22.9. The van der Waals surface area contributed by atoms with Crippen LogP contribution in [0.4, 0.5) is 4.79 Å². The van der Waals surface area contributed by atoms with E-state index in [4.69, 9.17) is 9.47 Å².